The molecule has 20 heavy (non-hydrogen) atoms. The summed E-state index contributed by atoms with van der Waals surface area (Å²) >= 11 is 0. The standard InChI is InChI=1S/C13H14N2O4S/c16-13(17)9-5-6-10-11(8-9)20(18,19)14-12-4-2-1-3-7-15(10)12/h5-6,8H,1-4,7H2,(H,16,17)/p-1. The molecular weight excluding hydrogens is 280 g/mol. The lowest BCUT2D eigenvalue weighted by atomic mass is 10.2. The molecule has 1 aromatic carbocycles. The largest absolute Gasteiger partial charge is 0.545 e. The molecule has 2 aliphatic heterocycles. The molecule has 0 aromatic heterocycles. The predicted molar refractivity (Wildman–Crippen MR) is 71.2 cm³/mol. The molecule has 0 N–H and O–H groups in total. The minimum absolute atomic E-state index is 0.0511. The maximum atomic E-state index is 12.2. The number of nitrogens with zero attached hydrogens (tertiary/aromatic N) is 2. The number of sulfonamides is 1. The molecule has 0 spiro atoms. The van der Waals surface area contributed by atoms with E-state index in [1.807, 2.05) is 4.90 Å². The zero-order valence-electron chi connectivity index (χ0n) is 10.7. The van der Waals surface area contributed by atoms with E-state index < -0.39 is 16.0 Å². The molecule has 2 heterocycles. The molecular formula is C13H13N2O4S-. The summed E-state index contributed by atoms with van der Waals surface area (Å²) in [5.74, 6) is -0.843. The average molecular weight is 293 g/mol. The van der Waals surface area contributed by atoms with Crippen LogP contribution in [0.3, 0.4) is 0 Å². The van der Waals surface area contributed by atoms with Crippen LogP contribution in [0.1, 0.15) is 36.0 Å². The highest BCUT2D eigenvalue weighted by atomic mass is 32.2. The van der Waals surface area contributed by atoms with Gasteiger partial charge in [-0.05, 0) is 30.5 Å². The van der Waals surface area contributed by atoms with Crippen molar-refractivity contribution in [2.45, 2.75) is 30.6 Å². The molecule has 1 saturated heterocycles. The summed E-state index contributed by atoms with van der Waals surface area (Å²) in [7, 11) is -3.83. The van der Waals surface area contributed by atoms with E-state index in [2.05, 4.69) is 4.40 Å². The highest BCUT2D eigenvalue weighted by Gasteiger charge is 2.31. The van der Waals surface area contributed by atoms with Gasteiger partial charge < -0.3 is 14.8 Å². The first-order valence-corrected chi connectivity index (χ1v) is 7.90. The van der Waals surface area contributed by atoms with Crippen LogP contribution in [0.4, 0.5) is 5.69 Å². The van der Waals surface area contributed by atoms with Crippen molar-refractivity contribution in [1.29, 1.82) is 0 Å². The van der Waals surface area contributed by atoms with Crippen LogP contribution in [0.5, 0.6) is 0 Å². The number of hydrogen-bond acceptors (Lipinski definition) is 5. The number of carbonyl (C=O) groups excluding carboxylic acids is 1. The monoisotopic (exact) mass is 293 g/mol. The van der Waals surface area contributed by atoms with Crippen LogP contribution in [-0.2, 0) is 10.0 Å². The molecule has 0 atom stereocenters. The van der Waals surface area contributed by atoms with Crippen molar-refractivity contribution in [3.63, 3.8) is 0 Å². The number of amidine groups is 1. The lowest BCUT2D eigenvalue weighted by Crippen LogP contribution is -2.35. The first-order valence-electron chi connectivity index (χ1n) is 6.46. The summed E-state index contributed by atoms with van der Waals surface area (Å²) in [4.78, 5) is 12.7. The Morgan fingerprint density at radius 3 is 2.80 bits per heavy atom. The topological polar surface area (TPSA) is 89.9 Å². The van der Waals surface area contributed by atoms with E-state index in [1.165, 1.54) is 12.1 Å². The molecule has 106 valence electrons. The number of hydrogen-bond donors (Lipinski definition) is 0. The van der Waals surface area contributed by atoms with Crippen LogP contribution in [0.2, 0.25) is 0 Å². The Morgan fingerprint density at radius 1 is 1.25 bits per heavy atom. The Bertz CT molecular complexity index is 709. The van der Waals surface area contributed by atoms with Gasteiger partial charge in [-0.1, -0.05) is 12.5 Å². The summed E-state index contributed by atoms with van der Waals surface area (Å²) in [6.07, 6.45) is 3.53. The second-order valence-corrected chi connectivity index (χ2v) is 6.49. The smallest absolute Gasteiger partial charge is 0.286 e. The predicted octanol–water partition coefficient (Wildman–Crippen LogP) is 0.531. The number of carbonyl (C=O) groups is 1. The van der Waals surface area contributed by atoms with Crippen LogP contribution >= 0.6 is 0 Å². The Kier molecular flexibility index (Phi) is 3.01. The fourth-order valence-electron chi connectivity index (χ4n) is 2.61. The number of benzene rings is 1. The zero-order chi connectivity index (χ0) is 14.3. The third kappa shape index (κ3) is 2.07. The Hall–Kier alpha value is -1.89. The van der Waals surface area contributed by atoms with Crippen LogP contribution in [0.25, 0.3) is 0 Å². The van der Waals surface area contributed by atoms with Crippen molar-refractivity contribution in [2.75, 3.05) is 11.4 Å². The molecule has 0 bridgehead atoms. The molecule has 2 aliphatic rings. The van der Waals surface area contributed by atoms with Gasteiger partial charge in [0.1, 0.15) is 10.7 Å². The molecule has 6 nitrogen and oxygen atoms in total. The molecule has 1 aromatic rings. The normalized spacial score (nSPS) is 20.4. The second kappa shape index (κ2) is 4.59. The van der Waals surface area contributed by atoms with E-state index in [1.54, 1.807) is 0 Å². The van der Waals surface area contributed by atoms with E-state index in [-0.39, 0.29) is 10.5 Å². The lowest BCUT2D eigenvalue weighted by Gasteiger charge is -2.29. The van der Waals surface area contributed by atoms with Gasteiger partial charge in [-0.3, -0.25) is 0 Å². The average Bonchev–Trinajstić information content (AvgIpc) is 2.63. The fourth-order valence-corrected chi connectivity index (χ4v) is 3.89. The first kappa shape index (κ1) is 13.1. The molecule has 1 fully saturated rings. The third-order valence-electron chi connectivity index (χ3n) is 3.58. The van der Waals surface area contributed by atoms with E-state index in [9.17, 15) is 18.3 Å². The van der Waals surface area contributed by atoms with Gasteiger partial charge in [-0.15, -0.1) is 4.40 Å². The molecule has 7 heteroatoms. The van der Waals surface area contributed by atoms with Crippen LogP contribution < -0.4 is 10.0 Å². The van der Waals surface area contributed by atoms with Gasteiger partial charge >= 0.3 is 0 Å². The van der Waals surface area contributed by atoms with E-state index in [4.69, 9.17) is 0 Å². The fraction of sp³-hybridized carbons (Fsp3) is 0.385. The summed E-state index contributed by atoms with van der Waals surface area (Å²) in [6, 6.07) is 4.03. The summed E-state index contributed by atoms with van der Waals surface area (Å²) in [5, 5.41) is 10.9. The maximum Gasteiger partial charge on any atom is 0.286 e. The zero-order valence-corrected chi connectivity index (χ0v) is 11.5. The minimum atomic E-state index is -3.83. The van der Waals surface area contributed by atoms with E-state index in [0.717, 1.165) is 25.3 Å². The van der Waals surface area contributed by atoms with Crippen LogP contribution in [0, 0.1) is 0 Å². The highest BCUT2D eigenvalue weighted by molar-refractivity contribution is 7.90. The van der Waals surface area contributed by atoms with Crippen molar-refractivity contribution in [3.8, 4) is 0 Å². The van der Waals surface area contributed by atoms with Gasteiger partial charge in [0.05, 0.1) is 11.7 Å². The highest BCUT2D eigenvalue weighted by Crippen LogP contribution is 2.34. The summed E-state index contributed by atoms with van der Waals surface area (Å²) < 4.78 is 28.2. The Morgan fingerprint density at radius 2 is 2.05 bits per heavy atom. The van der Waals surface area contributed by atoms with Crippen molar-refractivity contribution < 1.29 is 18.3 Å². The molecule has 0 saturated carbocycles. The quantitative estimate of drug-likeness (QED) is 0.753. The Balaban J connectivity index is 2.19. The molecule has 0 unspecified atom stereocenters. The molecule has 3 rings (SSSR count). The maximum absolute atomic E-state index is 12.2. The number of carboxylic acid groups (broad SMARTS) is 1. The van der Waals surface area contributed by atoms with Crippen molar-refractivity contribution in [1.82, 2.24) is 0 Å². The molecule has 0 amide bonds. The van der Waals surface area contributed by atoms with Gasteiger partial charge in [0.25, 0.3) is 10.0 Å². The van der Waals surface area contributed by atoms with Gasteiger partial charge in [0.2, 0.25) is 0 Å². The first-order chi connectivity index (χ1) is 9.49. The van der Waals surface area contributed by atoms with Gasteiger partial charge in [-0.25, -0.2) is 0 Å². The summed E-state index contributed by atoms with van der Waals surface area (Å²) in [5.41, 5.74) is 0.364. The number of carboxylic acids is 1. The molecule has 0 aliphatic carbocycles. The van der Waals surface area contributed by atoms with E-state index >= 15 is 0 Å². The van der Waals surface area contributed by atoms with Crippen molar-refractivity contribution >= 4 is 27.5 Å². The van der Waals surface area contributed by atoms with Crippen molar-refractivity contribution in [3.05, 3.63) is 23.8 Å². The number of fused-ring (bicyclic) bond motifs is 3. The van der Waals surface area contributed by atoms with Crippen LogP contribution in [0.15, 0.2) is 27.5 Å². The number of rotatable bonds is 1. The van der Waals surface area contributed by atoms with E-state index in [0.29, 0.717) is 24.5 Å². The third-order valence-corrected chi connectivity index (χ3v) is 4.92. The van der Waals surface area contributed by atoms with Gasteiger partial charge in [-0.2, -0.15) is 8.42 Å². The Labute approximate surface area is 116 Å². The van der Waals surface area contributed by atoms with Crippen molar-refractivity contribution in [2.24, 2.45) is 4.40 Å². The number of anilines is 1. The number of aromatic carboxylic acids is 1. The minimum Gasteiger partial charge on any atom is -0.545 e. The lowest BCUT2D eigenvalue weighted by molar-refractivity contribution is -0.255. The molecule has 0 radical (unpaired) electrons. The van der Waals surface area contributed by atoms with Crippen LogP contribution in [-0.4, -0.2) is 26.8 Å². The SMILES string of the molecule is O=C([O-])c1ccc2c(c1)S(=O)(=O)N=C1CCCCCN12. The summed E-state index contributed by atoms with van der Waals surface area (Å²) in [6.45, 7) is 0.700. The van der Waals surface area contributed by atoms with Gasteiger partial charge in [0, 0.05) is 13.0 Å². The second-order valence-electron chi connectivity index (χ2n) is 4.91. The van der Waals surface area contributed by atoms with Gasteiger partial charge in [0.15, 0.2) is 0 Å².